The molecule has 0 heteroatoms. The smallest absolute Gasteiger partial charge is 0.0300 e. The van der Waals surface area contributed by atoms with Gasteiger partial charge < -0.3 is 0 Å². The summed E-state index contributed by atoms with van der Waals surface area (Å²) in [5, 5.41) is 0. The Bertz CT molecular complexity index is 1110. The van der Waals surface area contributed by atoms with Gasteiger partial charge in [-0.25, -0.2) is 0 Å². The molecule has 0 radical (unpaired) electrons. The molecular weight excluding hydrogens is 973 g/mol. The molecule has 0 aromatic rings. The lowest BCUT2D eigenvalue weighted by Gasteiger charge is -2.12. The van der Waals surface area contributed by atoms with Gasteiger partial charge in [-0.05, 0) is 149 Å². The summed E-state index contributed by atoms with van der Waals surface area (Å²) in [6, 6.07) is 0. The molecule has 0 aliphatic heterocycles. The molecule has 0 bridgehead atoms. The largest absolute Gasteiger partial charge is 0.0654 e. The lowest BCUT2D eigenvalue weighted by Crippen LogP contribution is -2.00. The van der Waals surface area contributed by atoms with Crippen LogP contribution in [0, 0.1) is 98.1 Å². The maximum Gasteiger partial charge on any atom is -0.0300 e. The van der Waals surface area contributed by atoms with Crippen LogP contribution in [0.1, 0.15) is 429 Å². The van der Waals surface area contributed by atoms with E-state index in [0.29, 0.717) is 10.8 Å². The highest BCUT2D eigenvalue weighted by atomic mass is 14.5. The Kier molecular flexibility index (Phi) is 66.0. The third-order valence-electron chi connectivity index (χ3n) is 19.8. The minimum atomic E-state index is 0.542. The van der Waals surface area contributed by atoms with Crippen molar-refractivity contribution in [3.63, 3.8) is 0 Å². The molecule has 0 heterocycles. The fraction of sp³-hybridized carbons (Fsp3) is 1.00. The Labute approximate surface area is 524 Å². The van der Waals surface area contributed by atoms with Crippen molar-refractivity contribution in [2.45, 2.75) is 429 Å². The third-order valence-corrected chi connectivity index (χ3v) is 19.8. The molecular formula is C81H176. The highest BCUT2D eigenvalue weighted by Crippen LogP contribution is 2.54. The number of hydrogen-bond acceptors (Lipinski definition) is 0. The number of hydrogen-bond donors (Lipinski definition) is 0. The Hall–Kier alpha value is 0. The van der Waals surface area contributed by atoms with Crippen LogP contribution in [0.3, 0.4) is 0 Å². The Morgan fingerprint density at radius 3 is 0.815 bits per heavy atom. The average molecular weight is 1150 g/mol. The average Bonchev–Trinajstić information content (AvgIpc) is 4.16. The Morgan fingerprint density at radius 2 is 0.790 bits per heavy atom. The van der Waals surface area contributed by atoms with Crippen molar-refractivity contribution in [2.75, 3.05) is 0 Å². The van der Waals surface area contributed by atoms with Crippen LogP contribution in [0.4, 0.5) is 0 Å². The summed E-state index contributed by atoms with van der Waals surface area (Å²) in [6.45, 7) is 81.5. The van der Waals surface area contributed by atoms with Gasteiger partial charge in [0.1, 0.15) is 0 Å². The van der Waals surface area contributed by atoms with E-state index in [4.69, 9.17) is 0 Å². The zero-order valence-corrected chi connectivity index (χ0v) is 65.2. The summed E-state index contributed by atoms with van der Waals surface area (Å²) < 4.78 is 0. The van der Waals surface area contributed by atoms with Crippen molar-refractivity contribution in [3.05, 3.63) is 0 Å². The maximum absolute atomic E-state index is 2.37. The van der Waals surface area contributed by atoms with Crippen molar-refractivity contribution in [1.82, 2.24) is 0 Å². The fourth-order valence-electron chi connectivity index (χ4n) is 7.52. The predicted molar refractivity (Wildman–Crippen MR) is 388 cm³/mol. The van der Waals surface area contributed by atoms with Crippen LogP contribution in [0.2, 0.25) is 0 Å². The van der Waals surface area contributed by atoms with Crippen LogP contribution in [-0.4, -0.2) is 0 Å². The first-order chi connectivity index (χ1) is 37.3. The molecule has 6 saturated carbocycles. The molecule has 0 aromatic carbocycles. The van der Waals surface area contributed by atoms with E-state index in [1.165, 1.54) is 180 Å². The lowest BCUT2D eigenvalue weighted by molar-refractivity contribution is 0.397. The normalized spacial score (nSPS) is 20.9. The fourth-order valence-corrected chi connectivity index (χ4v) is 7.52. The van der Waals surface area contributed by atoms with Crippen LogP contribution in [0.5, 0.6) is 0 Å². The van der Waals surface area contributed by atoms with Crippen LogP contribution in [-0.2, 0) is 0 Å². The van der Waals surface area contributed by atoms with Gasteiger partial charge >= 0.3 is 0 Å². The van der Waals surface area contributed by atoms with E-state index in [0.717, 1.165) is 87.3 Å². The van der Waals surface area contributed by atoms with Crippen molar-refractivity contribution in [3.8, 4) is 0 Å². The molecule has 500 valence electrons. The molecule has 6 rings (SSSR count). The Morgan fingerprint density at radius 1 is 0.444 bits per heavy atom. The first-order valence-corrected chi connectivity index (χ1v) is 37.3. The summed E-state index contributed by atoms with van der Waals surface area (Å²) in [6.07, 6.45) is 39.5. The van der Waals surface area contributed by atoms with Crippen molar-refractivity contribution >= 4 is 0 Å². The topological polar surface area (TPSA) is 0 Å². The molecule has 6 fully saturated rings. The van der Waals surface area contributed by atoms with E-state index in [9.17, 15) is 0 Å². The molecule has 0 amide bonds. The van der Waals surface area contributed by atoms with E-state index in [1.54, 1.807) is 0 Å². The van der Waals surface area contributed by atoms with E-state index >= 15 is 0 Å². The van der Waals surface area contributed by atoms with Gasteiger partial charge in [-0.15, -0.1) is 0 Å². The molecule has 5 atom stereocenters. The lowest BCUT2D eigenvalue weighted by atomic mass is 9.94. The van der Waals surface area contributed by atoms with E-state index in [1.807, 2.05) is 0 Å². The summed E-state index contributed by atoms with van der Waals surface area (Å²) in [7, 11) is 0. The molecule has 2 unspecified atom stereocenters. The second kappa shape index (κ2) is 56.5. The zero-order valence-electron chi connectivity index (χ0n) is 65.2. The highest BCUT2D eigenvalue weighted by Gasteiger charge is 2.44. The standard InChI is InChI=1S/2C7H14.C7H16.4C6H12.6C6H14/c1-4-7(3)5-6(7)2;1-3-7(4-2)5-6-7;1-4-6-7(3)5-2;1-5(2)6-3-4-6;1-3-6(2)4-5-6;1-3-6-4-5(6)2;1-2-3-6-4-5-6;2*1-5-6(2,3)4;1-5(2)6(3)4;2*1-4-5-6(2)3;1-4-6(3)5-2/h6H,4-5H2,1-3H3;3-6H2,1-2H3;7H,4-6H2,1-3H3;5-6H,3-4H2,1-2H3;3-5H2,1-2H3;5-6H,3-4H2,1-2H3;6H,2-5H2,1H3;2*5H2,1-4H3;5-6H,1-4H3;3*6H,4-5H2,1-3H3/t6-,7?;;7-;;;5-,6?;;;;;;;/m0.1..0......./s1. The minimum absolute atomic E-state index is 0.542. The maximum atomic E-state index is 2.37. The number of rotatable bonds is 18. The first kappa shape index (κ1) is 94.7. The summed E-state index contributed by atoms with van der Waals surface area (Å²) in [5.41, 5.74) is 3.46. The van der Waals surface area contributed by atoms with E-state index in [2.05, 4.69) is 249 Å². The minimum Gasteiger partial charge on any atom is -0.0654 e. The van der Waals surface area contributed by atoms with Crippen molar-refractivity contribution < 1.29 is 0 Å². The second-order valence-corrected chi connectivity index (χ2v) is 32.6. The van der Waals surface area contributed by atoms with Crippen LogP contribution in [0.25, 0.3) is 0 Å². The highest BCUT2D eigenvalue weighted by molar-refractivity contribution is 4.94. The van der Waals surface area contributed by atoms with Gasteiger partial charge in [0.25, 0.3) is 0 Å². The van der Waals surface area contributed by atoms with E-state index in [-0.39, 0.29) is 0 Å². The van der Waals surface area contributed by atoms with Crippen LogP contribution >= 0.6 is 0 Å². The third kappa shape index (κ3) is 82.1. The van der Waals surface area contributed by atoms with Gasteiger partial charge in [0.2, 0.25) is 0 Å². The van der Waals surface area contributed by atoms with E-state index < -0.39 is 0 Å². The summed E-state index contributed by atoms with van der Waals surface area (Å²) in [4.78, 5) is 0. The predicted octanol–water partition coefficient (Wildman–Crippen LogP) is 30.9. The molecule has 0 N–H and O–H groups in total. The molecule has 0 saturated heterocycles. The molecule has 81 heavy (non-hydrogen) atoms. The molecule has 0 spiro atoms. The van der Waals surface area contributed by atoms with Gasteiger partial charge in [-0.1, -0.05) is 378 Å². The summed E-state index contributed by atoms with van der Waals surface area (Å²) in [5.74, 6) is 11.8. The summed E-state index contributed by atoms with van der Waals surface area (Å²) >= 11 is 0. The van der Waals surface area contributed by atoms with Gasteiger partial charge in [-0.2, -0.15) is 0 Å². The van der Waals surface area contributed by atoms with Crippen LogP contribution < -0.4 is 0 Å². The monoisotopic (exact) mass is 1150 g/mol. The Balaban J connectivity index is -0.000000147. The molecule has 0 nitrogen and oxygen atoms in total. The van der Waals surface area contributed by atoms with Crippen LogP contribution in [0.15, 0.2) is 0 Å². The SMILES string of the molecule is CC(C)C(C)C.CC(C)C1CC1.CCC(C)(C)C.CCC(C)(C)C.CCC(C)CC.CCC1(C)CC1.CCC1(C)C[C@@H]1C.CCC1(CC)CC1.CCC1C[C@@H]1C.CCCC(C)C.CCCC(C)C.CCCC1CC1.CCC[C@H](C)CC. The van der Waals surface area contributed by atoms with Gasteiger partial charge in [0.15, 0.2) is 0 Å². The van der Waals surface area contributed by atoms with Crippen molar-refractivity contribution in [2.24, 2.45) is 98.1 Å². The molecule has 6 aliphatic carbocycles. The van der Waals surface area contributed by atoms with Gasteiger partial charge in [-0.3, -0.25) is 0 Å². The quantitative estimate of drug-likeness (QED) is 0.128. The first-order valence-electron chi connectivity index (χ1n) is 37.3. The second-order valence-electron chi connectivity index (χ2n) is 32.6. The molecule has 0 aromatic heterocycles. The van der Waals surface area contributed by atoms with Crippen molar-refractivity contribution in [1.29, 1.82) is 0 Å². The molecule has 6 aliphatic rings. The van der Waals surface area contributed by atoms with Gasteiger partial charge in [0, 0.05) is 0 Å². The van der Waals surface area contributed by atoms with Gasteiger partial charge in [0.05, 0.1) is 0 Å². The zero-order chi connectivity index (χ0) is 65.2.